The molecule has 0 unspecified atom stereocenters. The van der Waals surface area contributed by atoms with Crippen LogP contribution in [0.3, 0.4) is 0 Å². The third kappa shape index (κ3) is 3.25. The third-order valence-corrected chi connectivity index (χ3v) is 2.07. The maximum atomic E-state index is 11.5. The van der Waals surface area contributed by atoms with Crippen LogP contribution < -0.4 is 5.32 Å². The molecule has 5 nitrogen and oxygen atoms in total. The van der Waals surface area contributed by atoms with E-state index in [0.717, 1.165) is 0 Å². The number of amides is 1. The summed E-state index contributed by atoms with van der Waals surface area (Å²) in [5, 5.41) is 11.0. The number of carboxylic acids is 1. The molecule has 0 radical (unpaired) electrons. The summed E-state index contributed by atoms with van der Waals surface area (Å²) >= 11 is 3.83. The van der Waals surface area contributed by atoms with E-state index in [0.29, 0.717) is 5.56 Å². The molecule has 0 saturated heterocycles. The number of carboxylic acid groups (broad SMARTS) is 1. The Morgan fingerprint density at radius 3 is 2.80 bits per heavy atom. The Balaban J connectivity index is 2.67. The number of aliphatic carboxylic acids is 1. The summed E-state index contributed by atoms with van der Waals surface area (Å²) < 4.78 is 0. The average Bonchev–Trinajstić information content (AvgIpc) is 2.26. The fourth-order valence-corrected chi connectivity index (χ4v) is 1.17. The number of pyridine rings is 1. The Morgan fingerprint density at radius 2 is 2.33 bits per heavy atom. The maximum Gasteiger partial charge on any atom is 0.327 e. The number of hydrogen-bond donors (Lipinski definition) is 3. The van der Waals surface area contributed by atoms with Crippen molar-refractivity contribution in [3.63, 3.8) is 0 Å². The number of nitrogens with zero attached hydrogens (tertiary/aromatic N) is 1. The van der Waals surface area contributed by atoms with Crippen LogP contribution in [0.4, 0.5) is 0 Å². The van der Waals surface area contributed by atoms with Gasteiger partial charge in [0.1, 0.15) is 6.04 Å². The van der Waals surface area contributed by atoms with Crippen LogP contribution in [0.15, 0.2) is 24.5 Å². The maximum absolute atomic E-state index is 11.5. The van der Waals surface area contributed by atoms with E-state index < -0.39 is 17.9 Å². The normalized spacial score (nSPS) is 11.8. The molecule has 1 heterocycles. The second-order valence-electron chi connectivity index (χ2n) is 2.79. The zero-order valence-corrected chi connectivity index (χ0v) is 8.65. The van der Waals surface area contributed by atoms with Gasteiger partial charge in [-0.15, -0.1) is 0 Å². The van der Waals surface area contributed by atoms with Gasteiger partial charge in [0.15, 0.2) is 0 Å². The van der Waals surface area contributed by atoms with E-state index in [2.05, 4.69) is 22.9 Å². The summed E-state index contributed by atoms with van der Waals surface area (Å²) in [6, 6.07) is 2.17. The van der Waals surface area contributed by atoms with Gasteiger partial charge < -0.3 is 10.4 Å². The van der Waals surface area contributed by atoms with Crippen LogP contribution in [-0.2, 0) is 4.79 Å². The molecule has 1 aromatic heterocycles. The van der Waals surface area contributed by atoms with E-state index in [1.165, 1.54) is 12.4 Å². The van der Waals surface area contributed by atoms with E-state index in [1.54, 1.807) is 12.1 Å². The summed E-state index contributed by atoms with van der Waals surface area (Å²) in [4.78, 5) is 25.8. The van der Waals surface area contributed by atoms with Crippen molar-refractivity contribution in [2.75, 3.05) is 5.75 Å². The van der Waals surface area contributed by atoms with Gasteiger partial charge in [0.25, 0.3) is 5.91 Å². The number of thiol groups is 1. The number of rotatable bonds is 4. The minimum absolute atomic E-state index is 0.0430. The van der Waals surface area contributed by atoms with Gasteiger partial charge in [0, 0.05) is 18.1 Å². The zero-order valence-electron chi connectivity index (χ0n) is 7.75. The van der Waals surface area contributed by atoms with Gasteiger partial charge in [-0.2, -0.15) is 12.6 Å². The van der Waals surface area contributed by atoms with Gasteiger partial charge in [-0.1, -0.05) is 0 Å². The molecule has 0 aromatic carbocycles. The molecule has 0 aliphatic rings. The highest BCUT2D eigenvalue weighted by molar-refractivity contribution is 7.80. The van der Waals surface area contributed by atoms with Crippen LogP contribution in [0.5, 0.6) is 0 Å². The molecule has 6 heteroatoms. The first kappa shape index (κ1) is 11.5. The van der Waals surface area contributed by atoms with Gasteiger partial charge in [-0.3, -0.25) is 9.78 Å². The quantitative estimate of drug-likeness (QED) is 0.640. The third-order valence-electron chi connectivity index (χ3n) is 1.71. The second kappa shape index (κ2) is 5.35. The minimum atomic E-state index is -1.11. The SMILES string of the molecule is O=C(N[C@@H](CS)C(=O)O)c1cccnc1. The molecule has 1 atom stereocenters. The molecule has 1 rings (SSSR count). The molecule has 2 N–H and O–H groups in total. The standard InChI is InChI=1S/C9H10N2O3S/c12-8(6-2-1-3-10-4-6)11-7(5-15)9(13)14/h1-4,7,15H,5H2,(H,11,12)(H,13,14)/t7-/m0/s1. The van der Waals surface area contributed by atoms with Crippen LogP contribution in [0.2, 0.25) is 0 Å². The van der Waals surface area contributed by atoms with Crippen molar-refractivity contribution in [3.8, 4) is 0 Å². The van der Waals surface area contributed by atoms with E-state index in [1.807, 2.05) is 0 Å². The topological polar surface area (TPSA) is 79.3 Å². The van der Waals surface area contributed by atoms with Crippen molar-refractivity contribution in [2.45, 2.75) is 6.04 Å². The van der Waals surface area contributed by atoms with Crippen LogP contribution in [-0.4, -0.2) is 33.8 Å². The Hall–Kier alpha value is -1.56. The van der Waals surface area contributed by atoms with Crippen molar-refractivity contribution < 1.29 is 14.7 Å². The van der Waals surface area contributed by atoms with Gasteiger partial charge in [0.05, 0.1) is 5.56 Å². The van der Waals surface area contributed by atoms with E-state index in [9.17, 15) is 9.59 Å². The lowest BCUT2D eigenvalue weighted by Crippen LogP contribution is -2.42. The molecule has 0 bridgehead atoms. The van der Waals surface area contributed by atoms with Gasteiger partial charge in [0.2, 0.25) is 0 Å². The number of carbonyl (C=O) groups excluding carboxylic acids is 1. The number of carbonyl (C=O) groups is 2. The Bertz CT molecular complexity index is 356. The molecule has 1 amide bonds. The van der Waals surface area contributed by atoms with Crippen LogP contribution in [0.1, 0.15) is 10.4 Å². The summed E-state index contributed by atoms with van der Waals surface area (Å²) in [6.07, 6.45) is 2.90. The summed E-state index contributed by atoms with van der Waals surface area (Å²) in [7, 11) is 0. The van der Waals surface area contributed by atoms with E-state index in [-0.39, 0.29) is 5.75 Å². The largest absolute Gasteiger partial charge is 0.480 e. The first-order chi connectivity index (χ1) is 7.15. The molecular formula is C9H10N2O3S. The summed E-state index contributed by atoms with van der Waals surface area (Å²) in [5.74, 6) is -1.53. The van der Waals surface area contributed by atoms with E-state index >= 15 is 0 Å². The minimum Gasteiger partial charge on any atom is -0.480 e. The molecule has 0 saturated carbocycles. The molecule has 0 aliphatic heterocycles. The zero-order chi connectivity index (χ0) is 11.3. The number of nitrogens with one attached hydrogen (secondary N) is 1. The van der Waals surface area contributed by atoms with Crippen LogP contribution in [0.25, 0.3) is 0 Å². The number of hydrogen-bond acceptors (Lipinski definition) is 4. The van der Waals surface area contributed by atoms with Crippen molar-refractivity contribution in [1.29, 1.82) is 0 Å². The van der Waals surface area contributed by atoms with Crippen molar-refractivity contribution in [2.24, 2.45) is 0 Å². The Kier molecular flexibility index (Phi) is 4.11. The van der Waals surface area contributed by atoms with Crippen molar-refractivity contribution >= 4 is 24.5 Å². The highest BCUT2D eigenvalue weighted by atomic mass is 32.1. The molecule has 1 aromatic rings. The van der Waals surface area contributed by atoms with Crippen LogP contribution >= 0.6 is 12.6 Å². The average molecular weight is 226 g/mol. The fourth-order valence-electron chi connectivity index (χ4n) is 0.924. The Labute approximate surface area is 91.9 Å². The van der Waals surface area contributed by atoms with Gasteiger partial charge >= 0.3 is 5.97 Å². The fraction of sp³-hybridized carbons (Fsp3) is 0.222. The first-order valence-electron chi connectivity index (χ1n) is 4.19. The van der Waals surface area contributed by atoms with E-state index in [4.69, 9.17) is 5.11 Å². The van der Waals surface area contributed by atoms with Crippen molar-refractivity contribution in [3.05, 3.63) is 30.1 Å². The monoisotopic (exact) mass is 226 g/mol. The molecule has 80 valence electrons. The van der Waals surface area contributed by atoms with Gasteiger partial charge in [-0.05, 0) is 12.1 Å². The molecule has 0 fully saturated rings. The second-order valence-corrected chi connectivity index (χ2v) is 3.15. The number of aromatic nitrogens is 1. The summed E-state index contributed by atoms with van der Waals surface area (Å²) in [5.41, 5.74) is 0.325. The lowest BCUT2D eigenvalue weighted by molar-refractivity contribution is -0.138. The van der Waals surface area contributed by atoms with Gasteiger partial charge in [-0.25, -0.2) is 4.79 Å². The lowest BCUT2D eigenvalue weighted by Gasteiger charge is -2.11. The van der Waals surface area contributed by atoms with Crippen LogP contribution in [0, 0.1) is 0 Å². The predicted octanol–water partition coefficient (Wildman–Crippen LogP) is 0.194. The predicted molar refractivity (Wildman–Crippen MR) is 57.0 cm³/mol. The summed E-state index contributed by atoms with van der Waals surface area (Å²) in [6.45, 7) is 0. The first-order valence-corrected chi connectivity index (χ1v) is 4.83. The smallest absolute Gasteiger partial charge is 0.327 e. The molecule has 15 heavy (non-hydrogen) atoms. The molecule has 0 spiro atoms. The highest BCUT2D eigenvalue weighted by Crippen LogP contribution is 1.97. The highest BCUT2D eigenvalue weighted by Gasteiger charge is 2.18. The Morgan fingerprint density at radius 1 is 1.60 bits per heavy atom. The lowest BCUT2D eigenvalue weighted by atomic mass is 10.2. The molecular weight excluding hydrogens is 216 g/mol. The molecule has 0 aliphatic carbocycles. The van der Waals surface area contributed by atoms with Crippen molar-refractivity contribution in [1.82, 2.24) is 10.3 Å².